The molecular formula is C15H24O2. The summed E-state index contributed by atoms with van der Waals surface area (Å²) in [6.45, 7) is 5.72. The number of hydrogen-bond acceptors (Lipinski definition) is 2. The number of ether oxygens (including phenoxy) is 1. The third-order valence-electron chi connectivity index (χ3n) is 3.19. The van der Waals surface area contributed by atoms with E-state index < -0.39 is 0 Å². The van der Waals surface area contributed by atoms with Crippen LogP contribution in [0.25, 0.3) is 0 Å². The second kappa shape index (κ2) is 7.31. The summed E-state index contributed by atoms with van der Waals surface area (Å²) >= 11 is 0. The smallest absolute Gasteiger partial charge is 0.159 e. The summed E-state index contributed by atoms with van der Waals surface area (Å²) in [5.41, 5.74) is 0.819. The van der Waals surface area contributed by atoms with E-state index in [9.17, 15) is 4.79 Å². The van der Waals surface area contributed by atoms with Crippen LogP contribution in [0.4, 0.5) is 0 Å². The second-order valence-corrected chi connectivity index (χ2v) is 4.73. The van der Waals surface area contributed by atoms with Gasteiger partial charge in [-0.05, 0) is 26.3 Å². The third-order valence-corrected chi connectivity index (χ3v) is 3.19. The zero-order valence-electron chi connectivity index (χ0n) is 11.3. The molecule has 17 heavy (non-hydrogen) atoms. The maximum atomic E-state index is 11.3. The molecule has 0 bridgehead atoms. The molecular weight excluding hydrogens is 212 g/mol. The summed E-state index contributed by atoms with van der Waals surface area (Å²) in [5.74, 6) is 1.97. The molecule has 0 amide bonds. The normalized spacial score (nSPS) is 15.6. The van der Waals surface area contributed by atoms with Gasteiger partial charge in [-0.2, -0.15) is 0 Å². The van der Waals surface area contributed by atoms with Gasteiger partial charge in [0.05, 0.1) is 5.76 Å². The van der Waals surface area contributed by atoms with Gasteiger partial charge < -0.3 is 4.74 Å². The van der Waals surface area contributed by atoms with Crippen molar-refractivity contribution in [3.63, 3.8) is 0 Å². The summed E-state index contributed by atoms with van der Waals surface area (Å²) in [5, 5.41) is 0. The Morgan fingerprint density at radius 3 is 2.59 bits per heavy atom. The number of allylic oxidation sites excluding steroid dienone is 4. The van der Waals surface area contributed by atoms with Gasteiger partial charge in [0.2, 0.25) is 0 Å². The van der Waals surface area contributed by atoms with Crippen molar-refractivity contribution >= 4 is 5.78 Å². The molecule has 96 valence electrons. The first-order chi connectivity index (χ1) is 8.15. The van der Waals surface area contributed by atoms with Gasteiger partial charge in [-0.25, -0.2) is 0 Å². The standard InChI is InChI=1S/C15H24O2/c1-4-5-6-7-8-9-14-10-11-15(12(2)16)13(3)17-14/h10H,4-9,11H2,1-3H3. The molecule has 0 unspecified atom stereocenters. The summed E-state index contributed by atoms with van der Waals surface area (Å²) in [4.78, 5) is 11.3. The molecule has 1 heterocycles. The molecule has 1 aliphatic rings. The molecule has 0 radical (unpaired) electrons. The van der Waals surface area contributed by atoms with Gasteiger partial charge in [0, 0.05) is 18.4 Å². The highest BCUT2D eigenvalue weighted by Crippen LogP contribution is 2.25. The monoisotopic (exact) mass is 236 g/mol. The van der Waals surface area contributed by atoms with Crippen LogP contribution in [0.1, 0.15) is 65.7 Å². The molecule has 1 aliphatic heterocycles. The largest absolute Gasteiger partial charge is 0.466 e. The van der Waals surface area contributed by atoms with Crippen LogP contribution >= 0.6 is 0 Å². The van der Waals surface area contributed by atoms with Gasteiger partial charge in [0.15, 0.2) is 5.78 Å². The average Bonchev–Trinajstić information content (AvgIpc) is 2.28. The molecule has 0 N–H and O–H groups in total. The summed E-state index contributed by atoms with van der Waals surface area (Å²) in [6, 6.07) is 0. The van der Waals surface area contributed by atoms with E-state index in [-0.39, 0.29) is 5.78 Å². The van der Waals surface area contributed by atoms with Crippen LogP contribution < -0.4 is 0 Å². The number of Topliss-reactive ketones (excluding diaryl/α,β-unsaturated/α-hetero) is 1. The van der Waals surface area contributed by atoms with Crippen LogP contribution in [-0.4, -0.2) is 5.78 Å². The molecule has 0 atom stereocenters. The van der Waals surface area contributed by atoms with Gasteiger partial charge in [-0.15, -0.1) is 0 Å². The molecule has 0 aromatic heterocycles. The van der Waals surface area contributed by atoms with Crippen LogP contribution in [0.3, 0.4) is 0 Å². The number of carbonyl (C=O) groups excluding carboxylic acids is 1. The molecule has 0 aliphatic carbocycles. The molecule has 0 aromatic carbocycles. The first-order valence-corrected chi connectivity index (χ1v) is 6.72. The molecule has 2 heteroatoms. The van der Waals surface area contributed by atoms with E-state index in [1.165, 1.54) is 32.1 Å². The predicted molar refractivity (Wildman–Crippen MR) is 70.5 cm³/mol. The van der Waals surface area contributed by atoms with Crippen molar-refractivity contribution in [3.05, 3.63) is 23.2 Å². The van der Waals surface area contributed by atoms with Crippen molar-refractivity contribution in [2.45, 2.75) is 65.7 Å². The van der Waals surface area contributed by atoms with Crippen molar-refractivity contribution < 1.29 is 9.53 Å². The van der Waals surface area contributed by atoms with Gasteiger partial charge in [0.25, 0.3) is 0 Å². The van der Waals surface area contributed by atoms with Crippen molar-refractivity contribution in [1.82, 2.24) is 0 Å². The van der Waals surface area contributed by atoms with Gasteiger partial charge in [0.1, 0.15) is 5.76 Å². The number of rotatable bonds is 7. The van der Waals surface area contributed by atoms with Gasteiger partial charge in [-0.1, -0.05) is 32.6 Å². The van der Waals surface area contributed by atoms with E-state index in [0.717, 1.165) is 29.9 Å². The molecule has 0 fully saturated rings. The first kappa shape index (κ1) is 14.0. The highest BCUT2D eigenvalue weighted by Gasteiger charge is 2.15. The lowest BCUT2D eigenvalue weighted by atomic mass is 10.0. The number of ketones is 1. The quantitative estimate of drug-likeness (QED) is 0.608. The number of carbonyl (C=O) groups is 1. The van der Waals surface area contributed by atoms with E-state index in [1.54, 1.807) is 6.92 Å². The molecule has 0 spiro atoms. The number of unbranched alkanes of at least 4 members (excludes halogenated alkanes) is 4. The predicted octanol–water partition coefficient (Wildman–Crippen LogP) is 4.51. The maximum Gasteiger partial charge on any atom is 0.159 e. The zero-order chi connectivity index (χ0) is 12.7. The Bertz CT molecular complexity index is 324. The first-order valence-electron chi connectivity index (χ1n) is 6.72. The Morgan fingerprint density at radius 2 is 2.00 bits per heavy atom. The highest BCUT2D eigenvalue weighted by atomic mass is 16.5. The maximum absolute atomic E-state index is 11.3. The van der Waals surface area contributed by atoms with E-state index in [0.29, 0.717) is 0 Å². The van der Waals surface area contributed by atoms with Crippen molar-refractivity contribution in [2.24, 2.45) is 0 Å². The lowest BCUT2D eigenvalue weighted by Crippen LogP contribution is -2.07. The zero-order valence-corrected chi connectivity index (χ0v) is 11.3. The summed E-state index contributed by atoms with van der Waals surface area (Å²) < 4.78 is 5.69. The fourth-order valence-corrected chi connectivity index (χ4v) is 2.11. The van der Waals surface area contributed by atoms with E-state index >= 15 is 0 Å². The van der Waals surface area contributed by atoms with E-state index in [4.69, 9.17) is 4.74 Å². The highest BCUT2D eigenvalue weighted by molar-refractivity contribution is 5.94. The molecule has 2 nitrogen and oxygen atoms in total. The third kappa shape index (κ3) is 4.76. The SMILES string of the molecule is CCCCCCCC1=CCC(C(C)=O)=C(C)O1. The lowest BCUT2D eigenvalue weighted by molar-refractivity contribution is -0.113. The van der Waals surface area contributed by atoms with Crippen LogP contribution in [0, 0.1) is 0 Å². The Balaban J connectivity index is 2.28. The minimum Gasteiger partial charge on any atom is -0.466 e. The van der Waals surface area contributed by atoms with Crippen molar-refractivity contribution in [3.8, 4) is 0 Å². The summed E-state index contributed by atoms with van der Waals surface area (Å²) in [7, 11) is 0. The molecule has 0 saturated carbocycles. The Morgan fingerprint density at radius 1 is 1.29 bits per heavy atom. The molecule has 1 rings (SSSR count). The minimum atomic E-state index is 0.126. The van der Waals surface area contributed by atoms with Crippen LogP contribution in [0.5, 0.6) is 0 Å². The summed E-state index contributed by atoms with van der Waals surface area (Å²) in [6.07, 6.45) is 10.2. The van der Waals surface area contributed by atoms with E-state index in [2.05, 4.69) is 13.0 Å². The topological polar surface area (TPSA) is 26.3 Å². The van der Waals surface area contributed by atoms with Crippen LogP contribution in [0.2, 0.25) is 0 Å². The Hall–Kier alpha value is -1.05. The van der Waals surface area contributed by atoms with E-state index in [1.807, 2.05) is 6.92 Å². The molecule has 0 saturated heterocycles. The van der Waals surface area contributed by atoms with Crippen molar-refractivity contribution in [1.29, 1.82) is 0 Å². The second-order valence-electron chi connectivity index (χ2n) is 4.73. The fourth-order valence-electron chi connectivity index (χ4n) is 2.11. The Labute approximate surface area is 105 Å². The number of hydrogen-bond donors (Lipinski definition) is 0. The van der Waals surface area contributed by atoms with Crippen LogP contribution in [-0.2, 0) is 9.53 Å². The van der Waals surface area contributed by atoms with Crippen LogP contribution in [0.15, 0.2) is 23.2 Å². The molecule has 0 aromatic rings. The van der Waals surface area contributed by atoms with Crippen molar-refractivity contribution in [2.75, 3.05) is 0 Å². The minimum absolute atomic E-state index is 0.126. The van der Waals surface area contributed by atoms with Gasteiger partial charge in [-0.3, -0.25) is 4.79 Å². The lowest BCUT2D eigenvalue weighted by Gasteiger charge is -2.18. The Kier molecular flexibility index (Phi) is 6.03. The average molecular weight is 236 g/mol. The van der Waals surface area contributed by atoms with Gasteiger partial charge >= 0.3 is 0 Å². The fraction of sp³-hybridized carbons (Fsp3) is 0.667.